The lowest BCUT2D eigenvalue weighted by Crippen LogP contribution is -2.47. The molecule has 2 unspecified atom stereocenters. The first-order valence-corrected chi connectivity index (χ1v) is 13.0. The van der Waals surface area contributed by atoms with Gasteiger partial charge in [-0.05, 0) is 45.2 Å². The first kappa shape index (κ1) is 33.2. The standard InChI is InChI=1S/C23H51N9O3/c1-2-11-29-21(33)18-28-12-15-32(16-13-30-22(34)19(26)7-3-5-9-24)17-14-31-23(35)20(27)8-4-6-10-25/h19-20,28H,2-18,24-27H2,1H3,(H,29,33)(H,30,34)(H,31,35). The van der Waals surface area contributed by atoms with Gasteiger partial charge in [0.05, 0.1) is 18.6 Å². The number of unbranched alkanes of at least 4 members (excludes halogenated alkanes) is 2. The molecule has 0 spiro atoms. The molecule has 12 heteroatoms. The smallest absolute Gasteiger partial charge is 0.236 e. The second kappa shape index (κ2) is 22.6. The number of amides is 3. The van der Waals surface area contributed by atoms with Gasteiger partial charge in [-0.3, -0.25) is 19.3 Å². The van der Waals surface area contributed by atoms with Crippen LogP contribution in [0, 0.1) is 0 Å². The summed E-state index contributed by atoms with van der Waals surface area (Å²) in [4.78, 5) is 38.3. The fourth-order valence-corrected chi connectivity index (χ4v) is 3.32. The van der Waals surface area contributed by atoms with E-state index >= 15 is 0 Å². The third kappa shape index (κ3) is 19.1. The SMILES string of the molecule is CCCNC(=O)CNCCN(CCNC(=O)C(N)CCCCN)CCNC(=O)C(N)CCCCN. The topological polar surface area (TPSA) is 207 Å². The maximum Gasteiger partial charge on any atom is 0.236 e. The monoisotopic (exact) mass is 501 g/mol. The van der Waals surface area contributed by atoms with Crippen LogP contribution in [0.15, 0.2) is 0 Å². The third-order valence-corrected chi connectivity index (χ3v) is 5.53. The predicted molar refractivity (Wildman–Crippen MR) is 140 cm³/mol. The molecular weight excluding hydrogens is 450 g/mol. The Hall–Kier alpha value is -1.83. The van der Waals surface area contributed by atoms with E-state index in [4.69, 9.17) is 22.9 Å². The van der Waals surface area contributed by atoms with Crippen molar-refractivity contribution in [3.05, 3.63) is 0 Å². The van der Waals surface area contributed by atoms with Gasteiger partial charge >= 0.3 is 0 Å². The van der Waals surface area contributed by atoms with Crippen molar-refractivity contribution in [2.45, 2.75) is 64.0 Å². The van der Waals surface area contributed by atoms with Gasteiger partial charge in [0.15, 0.2) is 0 Å². The Morgan fingerprint density at radius 1 is 0.714 bits per heavy atom. The van der Waals surface area contributed by atoms with E-state index < -0.39 is 12.1 Å². The van der Waals surface area contributed by atoms with Crippen LogP contribution >= 0.6 is 0 Å². The number of rotatable bonds is 23. The van der Waals surface area contributed by atoms with Gasteiger partial charge in [-0.1, -0.05) is 19.8 Å². The summed E-state index contributed by atoms with van der Waals surface area (Å²) in [7, 11) is 0. The van der Waals surface area contributed by atoms with Crippen LogP contribution in [-0.2, 0) is 14.4 Å². The molecule has 0 rings (SSSR count). The molecular formula is C23H51N9O3. The first-order chi connectivity index (χ1) is 16.8. The van der Waals surface area contributed by atoms with Crippen LogP contribution in [0.2, 0.25) is 0 Å². The fraction of sp³-hybridized carbons (Fsp3) is 0.870. The Bertz CT molecular complexity index is 532. The maximum absolute atomic E-state index is 12.2. The van der Waals surface area contributed by atoms with E-state index in [1.807, 2.05) is 6.92 Å². The molecule has 0 aromatic rings. The van der Waals surface area contributed by atoms with E-state index in [0.29, 0.717) is 71.7 Å². The Balaban J connectivity index is 4.48. The lowest BCUT2D eigenvalue weighted by molar-refractivity contribution is -0.123. The highest BCUT2D eigenvalue weighted by Crippen LogP contribution is 1.99. The van der Waals surface area contributed by atoms with E-state index in [1.54, 1.807) is 0 Å². The maximum atomic E-state index is 12.2. The first-order valence-electron chi connectivity index (χ1n) is 13.0. The number of hydrogen-bond acceptors (Lipinski definition) is 9. The van der Waals surface area contributed by atoms with Crippen molar-refractivity contribution >= 4 is 17.7 Å². The molecule has 12 nitrogen and oxygen atoms in total. The second-order valence-corrected chi connectivity index (χ2v) is 8.73. The average molecular weight is 502 g/mol. The molecule has 0 radical (unpaired) electrons. The van der Waals surface area contributed by atoms with Gasteiger partial charge < -0.3 is 44.2 Å². The minimum Gasteiger partial charge on any atom is -0.355 e. The molecule has 0 aliphatic rings. The number of carbonyl (C=O) groups excluding carboxylic acids is 3. The van der Waals surface area contributed by atoms with Gasteiger partial charge in [0.1, 0.15) is 0 Å². The Kier molecular flexibility index (Phi) is 21.4. The quantitative estimate of drug-likeness (QED) is 0.0698. The Labute approximate surface area is 211 Å². The molecule has 0 aromatic heterocycles. The summed E-state index contributed by atoms with van der Waals surface area (Å²) in [6, 6.07) is -1.09. The van der Waals surface area contributed by atoms with Crippen molar-refractivity contribution in [3.8, 4) is 0 Å². The van der Waals surface area contributed by atoms with Crippen LogP contribution in [0.25, 0.3) is 0 Å². The van der Waals surface area contributed by atoms with Crippen LogP contribution in [0.4, 0.5) is 0 Å². The zero-order chi connectivity index (χ0) is 26.3. The van der Waals surface area contributed by atoms with Crippen molar-refractivity contribution in [1.29, 1.82) is 0 Å². The van der Waals surface area contributed by atoms with E-state index in [1.165, 1.54) is 0 Å². The molecule has 0 heterocycles. The molecule has 0 bridgehead atoms. The van der Waals surface area contributed by atoms with E-state index in [9.17, 15) is 14.4 Å². The molecule has 2 atom stereocenters. The lowest BCUT2D eigenvalue weighted by atomic mass is 10.1. The predicted octanol–water partition coefficient (Wildman–Crippen LogP) is -2.45. The fourth-order valence-electron chi connectivity index (χ4n) is 3.32. The Morgan fingerprint density at radius 3 is 1.66 bits per heavy atom. The van der Waals surface area contributed by atoms with Crippen molar-refractivity contribution < 1.29 is 14.4 Å². The minimum absolute atomic E-state index is 0.0369. The summed E-state index contributed by atoms with van der Waals surface area (Å²) in [5.41, 5.74) is 22.8. The molecule has 3 amide bonds. The second-order valence-electron chi connectivity index (χ2n) is 8.73. The summed E-state index contributed by atoms with van der Waals surface area (Å²) in [5, 5.41) is 11.7. The molecule has 0 fully saturated rings. The van der Waals surface area contributed by atoms with Gasteiger partial charge in [0.25, 0.3) is 0 Å². The van der Waals surface area contributed by atoms with Crippen LogP contribution in [0.3, 0.4) is 0 Å². The summed E-state index contributed by atoms with van der Waals surface area (Å²) < 4.78 is 0. The van der Waals surface area contributed by atoms with Crippen LogP contribution in [-0.4, -0.2) is 100 Å². The van der Waals surface area contributed by atoms with Crippen molar-refractivity contribution in [2.75, 3.05) is 65.4 Å². The molecule has 0 saturated carbocycles. The van der Waals surface area contributed by atoms with E-state index in [2.05, 4.69) is 26.2 Å². The van der Waals surface area contributed by atoms with Crippen LogP contribution in [0.5, 0.6) is 0 Å². The molecule has 0 aromatic carbocycles. The zero-order valence-corrected chi connectivity index (χ0v) is 21.7. The summed E-state index contributed by atoms with van der Waals surface area (Å²) in [6.45, 7) is 7.39. The van der Waals surface area contributed by atoms with Crippen LogP contribution in [0.1, 0.15) is 51.9 Å². The van der Waals surface area contributed by atoms with Crippen molar-refractivity contribution in [3.63, 3.8) is 0 Å². The number of carbonyl (C=O) groups is 3. The van der Waals surface area contributed by atoms with Crippen molar-refractivity contribution in [1.82, 2.24) is 26.2 Å². The van der Waals surface area contributed by atoms with Crippen molar-refractivity contribution in [2.24, 2.45) is 22.9 Å². The highest BCUT2D eigenvalue weighted by molar-refractivity contribution is 5.81. The summed E-state index contributed by atoms with van der Waals surface area (Å²) in [5.74, 6) is -0.390. The lowest BCUT2D eigenvalue weighted by Gasteiger charge is -2.24. The molecule has 206 valence electrons. The largest absolute Gasteiger partial charge is 0.355 e. The molecule has 0 aliphatic carbocycles. The molecule has 0 aliphatic heterocycles. The molecule has 0 saturated heterocycles. The normalized spacial score (nSPS) is 12.9. The van der Waals surface area contributed by atoms with Gasteiger partial charge in [0.2, 0.25) is 17.7 Å². The highest BCUT2D eigenvalue weighted by atomic mass is 16.2. The summed E-state index contributed by atoms with van der Waals surface area (Å²) in [6.07, 6.45) is 5.44. The van der Waals surface area contributed by atoms with Gasteiger partial charge in [0, 0.05) is 45.8 Å². The molecule has 35 heavy (non-hydrogen) atoms. The number of nitrogens with one attached hydrogen (secondary N) is 4. The number of nitrogens with zero attached hydrogens (tertiary/aromatic N) is 1. The average Bonchev–Trinajstić information content (AvgIpc) is 2.84. The highest BCUT2D eigenvalue weighted by Gasteiger charge is 2.15. The van der Waals surface area contributed by atoms with E-state index in [0.717, 1.165) is 32.1 Å². The summed E-state index contributed by atoms with van der Waals surface area (Å²) >= 11 is 0. The zero-order valence-electron chi connectivity index (χ0n) is 21.7. The van der Waals surface area contributed by atoms with Crippen LogP contribution < -0.4 is 44.2 Å². The number of hydrogen-bond donors (Lipinski definition) is 8. The third-order valence-electron chi connectivity index (χ3n) is 5.53. The minimum atomic E-state index is -0.543. The Morgan fingerprint density at radius 2 is 1.20 bits per heavy atom. The van der Waals surface area contributed by atoms with Gasteiger partial charge in [-0.15, -0.1) is 0 Å². The number of nitrogens with two attached hydrogens (primary N) is 4. The van der Waals surface area contributed by atoms with Gasteiger partial charge in [-0.2, -0.15) is 0 Å². The van der Waals surface area contributed by atoms with E-state index in [-0.39, 0.29) is 24.3 Å². The molecule has 12 N–H and O–H groups in total. The van der Waals surface area contributed by atoms with Gasteiger partial charge in [-0.25, -0.2) is 0 Å².